The van der Waals surface area contributed by atoms with Crippen molar-refractivity contribution in [3.63, 3.8) is 0 Å². The first-order valence-corrected chi connectivity index (χ1v) is 5.04. The van der Waals surface area contributed by atoms with E-state index < -0.39 is 0 Å². The summed E-state index contributed by atoms with van der Waals surface area (Å²) in [4.78, 5) is 4.45. The van der Waals surface area contributed by atoms with Gasteiger partial charge in [-0.15, -0.1) is 0 Å². The first-order valence-electron chi connectivity index (χ1n) is 5.04. The number of pyridine rings is 1. The van der Waals surface area contributed by atoms with Gasteiger partial charge in [0.1, 0.15) is 0 Å². The number of nitrogens with zero attached hydrogens (tertiary/aromatic N) is 1. The molecule has 1 aromatic rings. The summed E-state index contributed by atoms with van der Waals surface area (Å²) in [6.07, 6.45) is 1.05. The second-order valence-corrected chi connectivity index (χ2v) is 3.20. The smallest absolute Gasteiger partial charge is 0.0887 e. The van der Waals surface area contributed by atoms with Crippen LogP contribution in [-0.4, -0.2) is 18.6 Å². The van der Waals surface area contributed by atoms with Gasteiger partial charge in [0.15, 0.2) is 0 Å². The van der Waals surface area contributed by atoms with Gasteiger partial charge in [-0.05, 0) is 25.6 Å². The molecule has 0 spiro atoms. The molecule has 1 N–H and O–H groups in total. The maximum atomic E-state index is 5.42. The highest BCUT2D eigenvalue weighted by molar-refractivity contribution is 5.10. The molecule has 0 amide bonds. The summed E-state index contributed by atoms with van der Waals surface area (Å²) in [6.45, 7) is 4.33. The van der Waals surface area contributed by atoms with Crippen LogP contribution in [0.5, 0.6) is 0 Å². The fourth-order valence-corrected chi connectivity index (χ4v) is 1.21. The van der Waals surface area contributed by atoms with E-state index in [1.54, 1.807) is 0 Å². The third-order valence-electron chi connectivity index (χ3n) is 1.82. The van der Waals surface area contributed by atoms with Crippen LogP contribution < -0.4 is 5.32 Å². The first-order chi connectivity index (χ1) is 6.86. The minimum absolute atomic E-state index is 0.616. The predicted octanol–water partition coefficient (Wildman–Crippen LogP) is 1.73. The van der Waals surface area contributed by atoms with Crippen molar-refractivity contribution in [2.45, 2.75) is 26.5 Å². The van der Waals surface area contributed by atoms with Crippen molar-refractivity contribution in [1.29, 1.82) is 0 Å². The van der Waals surface area contributed by atoms with E-state index in [0.717, 1.165) is 31.0 Å². The van der Waals surface area contributed by atoms with Crippen molar-refractivity contribution < 1.29 is 4.74 Å². The molecule has 0 aromatic carbocycles. The molecule has 0 unspecified atom stereocenters. The van der Waals surface area contributed by atoms with Gasteiger partial charge in [-0.1, -0.05) is 13.0 Å². The van der Waals surface area contributed by atoms with Crippen LogP contribution in [0.25, 0.3) is 0 Å². The Morgan fingerprint density at radius 3 is 2.86 bits per heavy atom. The second kappa shape index (κ2) is 6.51. The zero-order valence-electron chi connectivity index (χ0n) is 8.92. The van der Waals surface area contributed by atoms with Gasteiger partial charge in [0.2, 0.25) is 0 Å². The van der Waals surface area contributed by atoms with E-state index in [1.807, 2.05) is 25.2 Å². The van der Waals surface area contributed by atoms with E-state index in [0.29, 0.717) is 6.61 Å². The van der Waals surface area contributed by atoms with Crippen molar-refractivity contribution in [2.75, 3.05) is 13.7 Å². The van der Waals surface area contributed by atoms with Crippen molar-refractivity contribution in [2.24, 2.45) is 0 Å². The molecule has 1 aromatic heterocycles. The van der Waals surface area contributed by atoms with Crippen LogP contribution in [0.15, 0.2) is 18.2 Å². The molecular weight excluding hydrogens is 176 g/mol. The third kappa shape index (κ3) is 3.85. The molecule has 3 nitrogen and oxygen atoms in total. The SMILES string of the molecule is CCCOCc1cccc(CNC)n1. The zero-order chi connectivity index (χ0) is 10.2. The summed E-state index contributed by atoms with van der Waals surface area (Å²) in [5, 5.41) is 3.08. The summed E-state index contributed by atoms with van der Waals surface area (Å²) in [7, 11) is 1.92. The summed E-state index contributed by atoms with van der Waals surface area (Å²) in [5.74, 6) is 0. The molecule has 0 fully saturated rings. The molecule has 0 bridgehead atoms. The molecular formula is C11H18N2O. The molecule has 14 heavy (non-hydrogen) atoms. The van der Waals surface area contributed by atoms with Gasteiger partial charge in [-0.2, -0.15) is 0 Å². The lowest BCUT2D eigenvalue weighted by molar-refractivity contribution is 0.119. The fraction of sp³-hybridized carbons (Fsp3) is 0.545. The van der Waals surface area contributed by atoms with Gasteiger partial charge in [0, 0.05) is 13.2 Å². The van der Waals surface area contributed by atoms with Gasteiger partial charge in [0.05, 0.1) is 18.0 Å². The molecule has 0 saturated carbocycles. The van der Waals surface area contributed by atoms with Crippen LogP contribution in [0.2, 0.25) is 0 Å². The highest BCUT2D eigenvalue weighted by Gasteiger charge is 1.96. The minimum atomic E-state index is 0.616. The van der Waals surface area contributed by atoms with Crippen LogP contribution in [0.1, 0.15) is 24.7 Å². The quantitative estimate of drug-likeness (QED) is 0.700. The van der Waals surface area contributed by atoms with E-state index in [4.69, 9.17) is 4.74 Å². The molecule has 0 radical (unpaired) electrons. The van der Waals surface area contributed by atoms with E-state index in [-0.39, 0.29) is 0 Å². The number of ether oxygens (including phenoxy) is 1. The van der Waals surface area contributed by atoms with Crippen molar-refractivity contribution in [3.05, 3.63) is 29.6 Å². The van der Waals surface area contributed by atoms with Crippen LogP contribution in [0, 0.1) is 0 Å². The molecule has 0 atom stereocenters. The number of hydrogen-bond acceptors (Lipinski definition) is 3. The number of hydrogen-bond donors (Lipinski definition) is 1. The normalized spacial score (nSPS) is 10.4. The highest BCUT2D eigenvalue weighted by atomic mass is 16.5. The number of aromatic nitrogens is 1. The highest BCUT2D eigenvalue weighted by Crippen LogP contribution is 2.01. The van der Waals surface area contributed by atoms with Crippen LogP contribution in [-0.2, 0) is 17.9 Å². The first kappa shape index (κ1) is 11.1. The van der Waals surface area contributed by atoms with Crippen molar-refractivity contribution in [3.8, 4) is 0 Å². The average Bonchev–Trinajstić information content (AvgIpc) is 2.19. The number of nitrogens with one attached hydrogen (secondary N) is 1. The molecule has 0 aliphatic heterocycles. The molecule has 0 aliphatic carbocycles. The molecule has 78 valence electrons. The van der Waals surface area contributed by atoms with Gasteiger partial charge in [-0.25, -0.2) is 0 Å². The van der Waals surface area contributed by atoms with Gasteiger partial charge < -0.3 is 10.1 Å². The minimum Gasteiger partial charge on any atom is -0.375 e. The predicted molar refractivity (Wildman–Crippen MR) is 56.9 cm³/mol. The largest absolute Gasteiger partial charge is 0.375 e. The van der Waals surface area contributed by atoms with Gasteiger partial charge in [-0.3, -0.25) is 4.98 Å². The van der Waals surface area contributed by atoms with Gasteiger partial charge in [0.25, 0.3) is 0 Å². The Bertz CT molecular complexity index is 263. The van der Waals surface area contributed by atoms with E-state index in [2.05, 4.69) is 17.2 Å². The third-order valence-corrected chi connectivity index (χ3v) is 1.82. The Morgan fingerprint density at radius 1 is 1.36 bits per heavy atom. The molecule has 0 saturated heterocycles. The Hall–Kier alpha value is -0.930. The molecule has 0 aliphatic rings. The molecule has 3 heteroatoms. The standard InChI is InChI=1S/C11H18N2O/c1-3-7-14-9-11-6-4-5-10(13-11)8-12-2/h4-6,12H,3,7-9H2,1-2H3. The Labute approximate surface area is 85.5 Å². The van der Waals surface area contributed by atoms with E-state index in [9.17, 15) is 0 Å². The van der Waals surface area contributed by atoms with Crippen molar-refractivity contribution in [1.82, 2.24) is 10.3 Å². The maximum Gasteiger partial charge on any atom is 0.0887 e. The summed E-state index contributed by atoms with van der Waals surface area (Å²) >= 11 is 0. The van der Waals surface area contributed by atoms with E-state index in [1.165, 1.54) is 0 Å². The van der Waals surface area contributed by atoms with Crippen LogP contribution in [0.4, 0.5) is 0 Å². The van der Waals surface area contributed by atoms with E-state index >= 15 is 0 Å². The lowest BCUT2D eigenvalue weighted by Crippen LogP contribution is -2.08. The second-order valence-electron chi connectivity index (χ2n) is 3.20. The lowest BCUT2D eigenvalue weighted by Gasteiger charge is -2.04. The Balaban J connectivity index is 2.46. The Morgan fingerprint density at radius 2 is 2.14 bits per heavy atom. The summed E-state index contributed by atoms with van der Waals surface area (Å²) in [6, 6.07) is 6.03. The maximum absolute atomic E-state index is 5.42. The topological polar surface area (TPSA) is 34.1 Å². The average molecular weight is 194 g/mol. The monoisotopic (exact) mass is 194 g/mol. The Kier molecular flexibility index (Phi) is 5.19. The molecule has 1 rings (SSSR count). The summed E-state index contributed by atoms with van der Waals surface area (Å²) < 4.78 is 5.42. The number of rotatable bonds is 6. The molecule has 1 heterocycles. The van der Waals surface area contributed by atoms with Crippen molar-refractivity contribution >= 4 is 0 Å². The summed E-state index contributed by atoms with van der Waals surface area (Å²) in [5.41, 5.74) is 2.07. The van der Waals surface area contributed by atoms with Gasteiger partial charge >= 0.3 is 0 Å². The fourth-order valence-electron chi connectivity index (χ4n) is 1.21. The van der Waals surface area contributed by atoms with Crippen LogP contribution in [0.3, 0.4) is 0 Å². The van der Waals surface area contributed by atoms with Crippen LogP contribution >= 0.6 is 0 Å². The zero-order valence-corrected chi connectivity index (χ0v) is 8.92. The lowest BCUT2D eigenvalue weighted by atomic mass is 10.3.